The molecule has 0 aliphatic heterocycles. The standard InChI is InChI=1S/C10H11N3O2S2/c1-2-6-4-17-10(12-6)11-3-8-13-7(5-16-8)9(14)15/h4-5H,2-3H2,1H3,(H,11,12)(H,14,15). The van der Waals surface area contributed by atoms with Gasteiger partial charge in [0.1, 0.15) is 5.01 Å². The van der Waals surface area contributed by atoms with Crippen LogP contribution in [-0.4, -0.2) is 21.0 Å². The molecule has 0 bridgehead atoms. The van der Waals surface area contributed by atoms with Crippen molar-refractivity contribution >= 4 is 33.8 Å². The highest BCUT2D eigenvalue weighted by Crippen LogP contribution is 2.17. The summed E-state index contributed by atoms with van der Waals surface area (Å²) in [6, 6.07) is 0. The number of nitrogens with one attached hydrogen (secondary N) is 1. The first-order valence-electron chi connectivity index (χ1n) is 5.05. The number of aryl methyl sites for hydroxylation is 1. The molecule has 0 spiro atoms. The molecular weight excluding hydrogens is 258 g/mol. The maximum atomic E-state index is 10.6. The first kappa shape index (κ1) is 12.0. The number of carbonyl (C=O) groups is 1. The van der Waals surface area contributed by atoms with E-state index in [0.29, 0.717) is 6.54 Å². The predicted molar refractivity (Wildman–Crippen MR) is 67.9 cm³/mol. The van der Waals surface area contributed by atoms with Crippen molar-refractivity contribution in [3.05, 3.63) is 27.2 Å². The van der Waals surface area contributed by atoms with Gasteiger partial charge in [0, 0.05) is 10.8 Å². The maximum absolute atomic E-state index is 10.6. The molecule has 2 rings (SSSR count). The van der Waals surface area contributed by atoms with E-state index in [4.69, 9.17) is 5.11 Å². The summed E-state index contributed by atoms with van der Waals surface area (Å²) in [7, 11) is 0. The first-order chi connectivity index (χ1) is 8.19. The molecule has 7 heteroatoms. The SMILES string of the molecule is CCc1csc(NCc2nc(C(=O)O)cs2)n1. The summed E-state index contributed by atoms with van der Waals surface area (Å²) in [5.41, 5.74) is 1.16. The van der Waals surface area contributed by atoms with Gasteiger partial charge in [-0.2, -0.15) is 0 Å². The lowest BCUT2D eigenvalue weighted by Gasteiger charge is -1.97. The number of nitrogens with zero attached hydrogens (tertiary/aromatic N) is 2. The average molecular weight is 269 g/mol. The number of carboxylic acid groups (broad SMARTS) is 1. The Morgan fingerprint density at radius 3 is 2.82 bits per heavy atom. The normalized spacial score (nSPS) is 10.4. The van der Waals surface area contributed by atoms with E-state index >= 15 is 0 Å². The van der Waals surface area contributed by atoms with Crippen molar-refractivity contribution in [2.75, 3.05) is 5.32 Å². The molecule has 0 aromatic carbocycles. The molecule has 0 unspecified atom stereocenters. The van der Waals surface area contributed by atoms with E-state index in [0.717, 1.165) is 22.3 Å². The van der Waals surface area contributed by atoms with E-state index in [1.807, 2.05) is 5.38 Å². The predicted octanol–water partition coefficient (Wildman–Crippen LogP) is 2.47. The van der Waals surface area contributed by atoms with Gasteiger partial charge in [-0.05, 0) is 6.42 Å². The topological polar surface area (TPSA) is 75.1 Å². The minimum Gasteiger partial charge on any atom is -0.476 e. The lowest BCUT2D eigenvalue weighted by molar-refractivity contribution is 0.0691. The lowest BCUT2D eigenvalue weighted by Crippen LogP contribution is -2.01. The van der Waals surface area contributed by atoms with Gasteiger partial charge in [-0.25, -0.2) is 14.8 Å². The summed E-state index contributed by atoms with van der Waals surface area (Å²) >= 11 is 2.88. The summed E-state index contributed by atoms with van der Waals surface area (Å²) in [5.74, 6) is -0.991. The molecule has 90 valence electrons. The Kier molecular flexibility index (Phi) is 3.70. The molecule has 2 N–H and O–H groups in total. The summed E-state index contributed by atoms with van der Waals surface area (Å²) in [6.45, 7) is 2.56. The number of anilines is 1. The monoisotopic (exact) mass is 269 g/mol. The van der Waals surface area contributed by atoms with Gasteiger partial charge in [-0.15, -0.1) is 22.7 Å². The average Bonchev–Trinajstić information content (AvgIpc) is 2.95. The molecule has 0 saturated carbocycles. The third-order valence-corrected chi connectivity index (χ3v) is 3.77. The van der Waals surface area contributed by atoms with Gasteiger partial charge in [0.05, 0.1) is 12.2 Å². The third kappa shape index (κ3) is 3.01. The Bertz CT molecular complexity index is 521. The van der Waals surface area contributed by atoms with Crippen molar-refractivity contribution in [2.45, 2.75) is 19.9 Å². The maximum Gasteiger partial charge on any atom is 0.355 e. The largest absolute Gasteiger partial charge is 0.476 e. The zero-order valence-electron chi connectivity index (χ0n) is 9.14. The Labute approximate surface area is 106 Å². The Balaban J connectivity index is 1.94. The van der Waals surface area contributed by atoms with Crippen LogP contribution in [0.4, 0.5) is 5.13 Å². The van der Waals surface area contributed by atoms with Crippen molar-refractivity contribution < 1.29 is 9.90 Å². The molecule has 2 aromatic heterocycles. The van der Waals surface area contributed by atoms with Gasteiger partial charge < -0.3 is 10.4 Å². The van der Waals surface area contributed by atoms with E-state index in [-0.39, 0.29) is 5.69 Å². The second kappa shape index (κ2) is 5.24. The van der Waals surface area contributed by atoms with Gasteiger partial charge in [-0.1, -0.05) is 6.92 Å². The van der Waals surface area contributed by atoms with Crippen LogP contribution >= 0.6 is 22.7 Å². The number of rotatable bonds is 5. The van der Waals surface area contributed by atoms with E-state index < -0.39 is 5.97 Å². The van der Waals surface area contributed by atoms with Crippen LogP contribution in [0.1, 0.15) is 28.1 Å². The fourth-order valence-electron chi connectivity index (χ4n) is 1.19. The van der Waals surface area contributed by atoms with E-state index in [1.54, 1.807) is 16.7 Å². The molecule has 0 saturated heterocycles. The minimum absolute atomic E-state index is 0.0974. The van der Waals surface area contributed by atoms with Crippen LogP contribution in [0.15, 0.2) is 10.8 Å². The molecular formula is C10H11N3O2S2. The van der Waals surface area contributed by atoms with Crippen LogP contribution in [0.2, 0.25) is 0 Å². The highest BCUT2D eigenvalue weighted by Gasteiger charge is 2.08. The zero-order valence-corrected chi connectivity index (χ0v) is 10.8. The van der Waals surface area contributed by atoms with Crippen LogP contribution in [0, 0.1) is 0 Å². The molecule has 0 fully saturated rings. The van der Waals surface area contributed by atoms with E-state index in [2.05, 4.69) is 22.2 Å². The lowest BCUT2D eigenvalue weighted by atomic mass is 10.4. The summed E-state index contributed by atoms with van der Waals surface area (Å²) in [6.07, 6.45) is 0.915. The molecule has 2 heterocycles. The van der Waals surface area contributed by atoms with E-state index in [1.165, 1.54) is 11.3 Å². The van der Waals surface area contributed by atoms with Gasteiger partial charge in [0.15, 0.2) is 10.8 Å². The number of aromatic carboxylic acids is 1. The fraction of sp³-hybridized carbons (Fsp3) is 0.300. The quantitative estimate of drug-likeness (QED) is 0.872. The van der Waals surface area contributed by atoms with Crippen LogP contribution in [0.3, 0.4) is 0 Å². The smallest absolute Gasteiger partial charge is 0.355 e. The minimum atomic E-state index is -0.991. The third-order valence-electron chi connectivity index (χ3n) is 2.08. The molecule has 2 aromatic rings. The molecule has 0 aliphatic carbocycles. The fourth-order valence-corrected chi connectivity index (χ4v) is 2.69. The van der Waals surface area contributed by atoms with Gasteiger partial charge >= 0.3 is 5.97 Å². The van der Waals surface area contributed by atoms with Gasteiger partial charge in [-0.3, -0.25) is 0 Å². The van der Waals surface area contributed by atoms with Crippen LogP contribution in [-0.2, 0) is 13.0 Å². The Morgan fingerprint density at radius 1 is 1.41 bits per heavy atom. The van der Waals surface area contributed by atoms with E-state index in [9.17, 15) is 4.79 Å². The molecule has 0 aliphatic rings. The van der Waals surface area contributed by atoms with Crippen LogP contribution in [0.25, 0.3) is 0 Å². The number of carboxylic acids is 1. The van der Waals surface area contributed by atoms with Crippen molar-refractivity contribution in [1.29, 1.82) is 0 Å². The van der Waals surface area contributed by atoms with Gasteiger partial charge in [0.2, 0.25) is 0 Å². The number of hydrogen-bond acceptors (Lipinski definition) is 6. The molecule has 0 amide bonds. The highest BCUT2D eigenvalue weighted by molar-refractivity contribution is 7.13. The molecule has 5 nitrogen and oxygen atoms in total. The number of aromatic nitrogens is 2. The Hall–Kier alpha value is -1.47. The highest BCUT2D eigenvalue weighted by atomic mass is 32.1. The van der Waals surface area contributed by atoms with Crippen molar-refractivity contribution in [3.63, 3.8) is 0 Å². The van der Waals surface area contributed by atoms with Crippen LogP contribution in [0.5, 0.6) is 0 Å². The number of hydrogen-bond donors (Lipinski definition) is 2. The summed E-state index contributed by atoms with van der Waals surface area (Å²) in [5, 5.41) is 17.0. The molecule has 0 atom stereocenters. The summed E-state index contributed by atoms with van der Waals surface area (Å²) < 4.78 is 0. The Morgan fingerprint density at radius 2 is 2.24 bits per heavy atom. The van der Waals surface area contributed by atoms with Crippen LogP contribution < -0.4 is 5.32 Å². The van der Waals surface area contributed by atoms with Crippen molar-refractivity contribution in [1.82, 2.24) is 9.97 Å². The summed E-state index contributed by atoms with van der Waals surface area (Å²) in [4.78, 5) is 19.0. The first-order valence-corrected chi connectivity index (χ1v) is 6.81. The van der Waals surface area contributed by atoms with Crippen molar-refractivity contribution in [2.24, 2.45) is 0 Å². The second-order valence-electron chi connectivity index (χ2n) is 3.28. The second-order valence-corrected chi connectivity index (χ2v) is 5.08. The molecule has 17 heavy (non-hydrogen) atoms. The van der Waals surface area contributed by atoms with Crippen molar-refractivity contribution in [3.8, 4) is 0 Å². The molecule has 0 radical (unpaired) electrons. The number of thiazole rings is 2. The van der Waals surface area contributed by atoms with Gasteiger partial charge in [0.25, 0.3) is 0 Å². The zero-order chi connectivity index (χ0) is 12.3.